The molecule has 0 atom stereocenters. The fourth-order valence-electron chi connectivity index (χ4n) is 2.56. The highest BCUT2D eigenvalue weighted by molar-refractivity contribution is 6.66. The van der Waals surface area contributed by atoms with Crippen LogP contribution >= 0.6 is 0 Å². The summed E-state index contributed by atoms with van der Waals surface area (Å²) in [7, 11) is 1.92. The van der Waals surface area contributed by atoms with Crippen LogP contribution in [0.5, 0.6) is 5.75 Å². The first-order valence-corrected chi connectivity index (χ1v) is 10.3. The van der Waals surface area contributed by atoms with Gasteiger partial charge in [-0.05, 0) is 50.8 Å². The van der Waals surface area contributed by atoms with Crippen molar-refractivity contribution in [1.29, 1.82) is 0 Å². The zero-order valence-corrected chi connectivity index (χ0v) is 19.4. The molecule has 0 saturated heterocycles. The second kappa shape index (κ2) is 11.0. The summed E-state index contributed by atoms with van der Waals surface area (Å²) in [6.07, 6.45) is 0. The maximum Gasteiger partial charge on any atom is 0.338 e. The number of aliphatic hydroxyl groups is 1. The predicted octanol–water partition coefficient (Wildman–Crippen LogP) is 2.84. The number of carbonyl (C=O) groups excluding carboxylic acids is 1. The lowest BCUT2D eigenvalue weighted by atomic mass is 9.61. The maximum atomic E-state index is 12.3. The van der Waals surface area contributed by atoms with Crippen LogP contribution < -0.4 is 10.2 Å². The first-order chi connectivity index (χ1) is 13.4. The van der Waals surface area contributed by atoms with E-state index < -0.39 is 0 Å². The van der Waals surface area contributed by atoms with Gasteiger partial charge in [-0.25, -0.2) is 4.79 Å². The number of nitrogens with zero attached hydrogens (tertiary/aromatic N) is 1. The summed E-state index contributed by atoms with van der Waals surface area (Å²) in [5.74, 6) is 0.228. The molecule has 0 heterocycles. The monoisotopic (exact) mass is 407 g/mol. The third-order valence-corrected chi connectivity index (χ3v) is 5.41. The van der Waals surface area contributed by atoms with Crippen molar-refractivity contribution in [2.24, 2.45) is 5.41 Å². The highest BCUT2D eigenvalue weighted by atomic mass is 16.5. The lowest BCUT2D eigenvalue weighted by molar-refractivity contribution is 0.000440. The Morgan fingerprint density at radius 1 is 1.14 bits per heavy atom. The average Bonchev–Trinajstić information content (AvgIpc) is 2.60. The van der Waals surface area contributed by atoms with Gasteiger partial charge >= 0.3 is 12.9 Å². The van der Waals surface area contributed by atoms with Gasteiger partial charge in [-0.2, -0.15) is 0 Å². The van der Waals surface area contributed by atoms with Gasteiger partial charge in [0, 0.05) is 13.1 Å². The van der Waals surface area contributed by atoms with Gasteiger partial charge in [0.2, 0.25) is 0 Å². The molecule has 0 amide bonds. The van der Waals surface area contributed by atoms with Gasteiger partial charge < -0.3 is 24.1 Å². The summed E-state index contributed by atoms with van der Waals surface area (Å²) in [6, 6.07) is 5.43. The Labute approximate surface area is 176 Å². The van der Waals surface area contributed by atoms with Gasteiger partial charge in [0.05, 0.1) is 24.4 Å². The summed E-state index contributed by atoms with van der Waals surface area (Å²) in [4.78, 5) is 14.3. The van der Waals surface area contributed by atoms with Crippen molar-refractivity contribution >= 4 is 18.3 Å². The molecule has 0 aliphatic heterocycles. The van der Waals surface area contributed by atoms with Crippen molar-refractivity contribution in [2.75, 3.05) is 40.0 Å². The third-order valence-electron chi connectivity index (χ3n) is 5.41. The summed E-state index contributed by atoms with van der Waals surface area (Å²) in [5, 5.41) is 9.00. The molecule has 29 heavy (non-hydrogen) atoms. The number of hydrogen-bond acceptors (Lipinski definition) is 6. The molecule has 0 bridgehead atoms. The summed E-state index contributed by atoms with van der Waals surface area (Å²) in [6.45, 7) is 16.3. The maximum absolute atomic E-state index is 12.3. The van der Waals surface area contributed by atoms with Crippen LogP contribution in [0.15, 0.2) is 18.2 Å². The Morgan fingerprint density at radius 3 is 2.34 bits per heavy atom. The van der Waals surface area contributed by atoms with E-state index >= 15 is 0 Å². The fourth-order valence-corrected chi connectivity index (χ4v) is 2.56. The minimum Gasteiger partial charge on any atom is -0.492 e. The number of ether oxygens (including phenoxy) is 2. The molecule has 0 radical (unpaired) electrons. The number of carbonyl (C=O) groups is 1. The molecule has 0 fully saturated rings. The van der Waals surface area contributed by atoms with Crippen LogP contribution in [-0.2, 0) is 9.39 Å². The van der Waals surface area contributed by atoms with E-state index in [0.717, 1.165) is 5.46 Å². The minimum atomic E-state index is -0.376. The normalized spacial score (nSPS) is 12.2. The van der Waals surface area contributed by atoms with E-state index in [2.05, 4.69) is 34.6 Å². The minimum absolute atomic E-state index is 0.0450. The zero-order valence-electron chi connectivity index (χ0n) is 19.4. The molecular weight excluding hydrogens is 369 g/mol. The van der Waals surface area contributed by atoms with E-state index in [9.17, 15) is 4.79 Å². The van der Waals surface area contributed by atoms with E-state index in [0.29, 0.717) is 37.6 Å². The highest BCUT2D eigenvalue weighted by Crippen LogP contribution is 2.33. The molecule has 1 aromatic rings. The number of benzene rings is 1. The quantitative estimate of drug-likeness (QED) is 0.450. The second-order valence-electron chi connectivity index (χ2n) is 8.91. The Bertz CT molecular complexity index is 657. The molecule has 6 nitrogen and oxygen atoms in total. The van der Waals surface area contributed by atoms with Gasteiger partial charge in [0.1, 0.15) is 12.4 Å². The standard InChI is InChI=1S/C22H38BNO5/c1-9-27-20(26)17-14-18(23(7)29-22(5,6)21(2,3)4)16-19(15-17)28-13-11-24(8)10-12-25/h14-16,25H,9-13H2,1-8H3. The van der Waals surface area contributed by atoms with Crippen molar-refractivity contribution in [2.45, 2.75) is 54.0 Å². The van der Waals surface area contributed by atoms with E-state index in [1.165, 1.54) is 0 Å². The topological polar surface area (TPSA) is 68.2 Å². The first kappa shape index (κ1) is 25.5. The van der Waals surface area contributed by atoms with Crippen LogP contribution in [0.2, 0.25) is 6.82 Å². The second-order valence-corrected chi connectivity index (χ2v) is 8.91. The van der Waals surface area contributed by atoms with Crippen LogP contribution in [0, 0.1) is 5.41 Å². The number of rotatable bonds is 11. The lowest BCUT2D eigenvalue weighted by Gasteiger charge is -2.41. The Balaban J connectivity index is 3.05. The summed E-state index contributed by atoms with van der Waals surface area (Å²) in [5.41, 5.74) is 0.912. The fraction of sp³-hybridized carbons (Fsp3) is 0.682. The van der Waals surface area contributed by atoms with Gasteiger partial charge in [-0.15, -0.1) is 0 Å². The number of esters is 1. The number of aliphatic hydroxyl groups excluding tert-OH is 1. The molecule has 164 valence electrons. The van der Waals surface area contributed by atoms with Crippen LogP contribution in [0.3, 0.4) is 0 Å². The van der Waals surface area contributed by atoms with Crippen LogP contribution in [-0.4, -0.2) is 68.5 Å². The molecule has 0 aliphatic rings. The van der Waals surface area contributed by atoms with E-state index in [1.807, 2.05) is 30.9 Å². The molecule has 7 heteroatoms. The van der Waals surface area contributed by atoms with Crippen LogP contribution in [0.4, 0.5) is 0 Å². The van der Waals surface area contributed by atoms with Crippen LogP contribution in [0.25, 0.3) is 0 Å². The van der Waals surface area contributed by atoms with Gasteiger partial charge in [0.25, 0.3) is 0 Å². The van der Waals surface area contributed by atoms with Crippen molar-refractivity contribution in [3.8, 4) is 5.75 Å². The van der Waals surface area contributed by atoms with E-state index in [-0.39, 0.29) is 30.5 Å². The molecule has 0 saturated carbocycles. The molecule has 1 aromatic carbocycles. The third kappa shape index (κ3) is 7.99. The summed E-state index contributed by atoms with van der Waals surface area (Å²) < 4.78 is 17.4. The van der Waals surface area contributed by atoms with E-state index in [4.69, 9.17) is 19.2 Å². The SMILES string of the molecule is CCOC(=O)c1cc(OCCN(C)CCO)cc(B(C)OC(C)(C)C(C)(C)C)c1. The van der Waals surface area contributed by atoms with E-state index in [1.54, 1.807) is 13.0 Å². The molecule has 1 rings (SSSR count). The molecular formula is C22H38BNO5. The molecule has 0 unspecified atom stereocenters. The summed E-state index contributed by atoms with van der Waals surface area (Å²) >= 11 is 0. The number of likely N-dealkylation sites (N-methyl/N-ethyl adjacent to an activating group) is 1. The smallest absolute Gasteiger partial charge is 0.338 e. The van der Waals surface area contributed by atoms with Crippen LogP contribution in [0.1, 0.15) is 51.9 Å². The molecule has 1 N–H and O–H groups in total. The molecule has 0 spiro atoms. The number of hydrogen-bond donors (Lipinski definition) is 1. The van der Waals surface area contributed by atoms with Crippen molar-refractivity contribution in [3.05, 3.63) is 23.8 Å². The predicted molar refractivity (Wildman–Crippen MR) is 118 cm³/mol. The zero-order chi connectivity index (χ0) is 22.2. The van der Waals surface area contributed by atoms with Crippen molar-refractivity contribution < 1.29 is 24.0 Å². The largest absolute Gasteiger partial charge is 0.492 e. The Kier molecular flexibility index (Phi) is 9.66. The highest BCUT2D eigenvalue weighted by Gasteiger charge is 2.36. The first-order valence-electron chi connectivity index (χ1n) is 10.3. The molecule has 0 aromatic heterocycles. The van der Waals surface area contributed by atoms with Gasteiger partial charge in [-0.3, -0.25) is 0 Å². The average molecular weight is 407 g/mol. The Hall–Kier alpha value is -1.57. The lowest BCUT2D eigenvalue weighted by Crippen LogP contribution is -2.47. The van der Waals surface area contributed by atoms with Gasteiger partial charge in [-0.1, -0.05) is 33.7 Å². The molecule has 0 aliphatic carbocycles. The van der Waals surface area contributed by atoms with Gasteiger partial charge in [0.15, 0.2) is 0 Å². The van der Waals surface area contributed by atoms with Crippen molar-refractivity contribution in [1.82, 2.24) is 4.90 Å². The van der Waals surface area contributed by atoms with Crippen molar-refractivity contribution in [3.63, 3.8) is 0 Å². The Morgan fingerprint density at radius 2 is 1.79 bits per heavy atom.